The smallest absolute Gasteiger partial charge is 0.254 e. The maximum atomic E-state index is 12.4. The minimum Gasteiger partial charge on any atom is -0.352 e. The Labute approximate surface area is 149 Å². The van der Waals surface area contributed by atoms with Crippen molar-refractivity contribution in [3.63, 3.8) is 0 Å². The molecule has 1 N–H and O–H groups in total. The molecule has 1 amide bonds. The van der Waals surface area contributed by atoms with Gasteiger partial charge in [0.15, 0.2) is 10.8 Å². The molecule has 8 heteroatoms. The summed E-state index contributed by atoms with van der Waals surface area (Å²) in [6.45, 7) is 1.45. The number of aromatic nitrogens is 5. The normalized spacial score (nSPS) is 13.4. The molecule has 1 aliphatic heterocycles. The summed E-state index contributed by atoms with van der Waals surface area (Å²) >= 11 is 1.52. The van der Waals surface area contributed by atoms with E-state index in [1.807, 2.05) is 10.1 Å². The van der Waals surface area contributed by atoms with E-state index in [4.69, 9.17) is 0 Å². The van der Waals surface area contributed by atoms with Crippen molar-refractivity contribution in [3.05, 3.63) is 47.0 Å². The molecule has 3 aromatic rings. The Morgan fingerprint density at radius 3 is 3.04 bits per heavy atom. The van der Waals surface area contributed by atoms with Crippen LogP contribution >= 0.6 is 11.3 Å². The summed E-state index contributed by atoms with van der Waals surface area (Å²) in [7, 11) is 0. The highest BCUT2D eigenvalue weighted by molar-refractivity contribution is 7.13. The predicted octanol–water partition coefficient (Wildman–Crippen LogP) is 2.11. The summed E-state index contributed by atoms with van der Waals surface area (Å²) < 4.78 is 1.95. The van der Waals surface area contributed by atoms with Crippen LogP contribution in [0.15, 0.2) is 30.0 Å². The molecule has 4 heterocycles. The minimum absolute atomic E-state index is 0.0509. The van der Waals surface area contributed by atoms with Crippen molar-refractivity contribution in [2.75, 3.05) is 6.54 Å². The van der Waals surface area contributed by atoms with Gasteiger partial charge in [0.1, 0.15) is 0 Å². The first kappa shape index (κ1) is 15.9. The third kappa shape index (κ3) is 3.43. The fourth-order valence-electron chi connectivity index (χ4n) is 2.94. The Bertz CT molecular complexity index is 872. The van der Waals surface area contributed by atoms with Crippen LogP contribution in [0.5, 0.6) is 0 Å². The number of nitrogens with zero attached hydrogens (tertiary/aromatic N) is 5. The van der Waals surface area contributed by atoms with Crippen molar-refractivity contribution in [3.8, 4) is 10.8 Å². The van der Waals surface area contributed by atoms with Gasteiger partial charge in [0.05, 0.1) is 23.1 Å². The van der Waals surface area contributed by atoms with Crippen molar-refractivity contribution < 1.29 is 4.79 Å². The fourth-order valence-corrected chi connectivity index (χ4v) is 3.74. The summed E-state index contributed by atoms with van der Waals surface area (Å²) in [6.07, 6.45) is 8.95. The first-order valence-electron chi connectivity index (χ1n) is 8.36. The Morgan fingerprint density at radius 2 is 2.16 bits per heavy atom. The van der Waals surface area contributed by atoms with E-state index in [1.165, 1.54) is 11.3 Å². The van der Waals surface area contributed by atoms with Crippen LogP contribution in [0.1, 0.15) is 34.6 Å². The molecule has 0 atom stereocenters. The molecule has 7 nitrogen and oxygen atoms in total. The van der Waals surface area contributed by atoms with Crippen LogP contribution < -0.4 is 5.32 Å². The summed E-state index contributed by atoms with van der Waals surface area (Å²) in [5.41, 5.74) is 2.70. The summed E-state index contributed by atoms with van der Waals surface area (Å²) in [5.74, 6) is 0.583. The molecule has 0 spiro atoms. The molecule has 3 aromatic heterocycles. The maximum absolute atomic E-state index is 12.4. The topological polar surface area (TPSA) is 85.6 Å². The van der Waals surface area contributed by atoms with Crippen molar-refractivity contribution in [1.82, 2.24) is 30.0 Å². The van der Waals surface area contributed by atoms with Gasteiger partial charge in [-0.3, -0.25) is 9.48 Å². The minimum atomic E-state index is -0.0509. The lowest BCUT2D eigenvalue weighted by Crippen LogP contribution is -2.27. The van der Waals surface area contributed by atoms with E-state index in [0.29, 0.717) is 24.4 Å². The lowest BCUT2D eigenvalue weighted by atomic mass is 10.1. The van der Waals surface area contributed by atoms with Crippen LogP contribution in [0.3, 0.4) is 0 Å². The van der Waals surface area contributed by atoms with Gasteiger partial charge in [-0.1, -0.05) is 0 Å². The second-order valence-corrected chi connectivity index (χ2v) is 6.77. The zero-order chi connectivity index (χ0) is 17.1. The van der Waals surface area contributed by atoms with Crippen LogP contribution in [-0.2, 0) is 19.4 Å². The molecule has 0 saturated carbocycles. The Morgan fingerprint density at radius 1 is 1.28 bits per heavy atom. The molecular weight excluding hydrogens is 336 g/mol. The van der Waals surface area contributed by atoms with Crippen molar-refractivity contribution in [1.29, 1.82) is 0 Å². The van der Waals surface area contributed by atoms with Gasteiger partial charge in [-0.05, 0) is 25.3 Å². The number of hydrogen-bond acceptors (Lipinski definition) is 6. The second kappa shape index (κ2) is 7.10. The van der Waals surface area contributed by atoms with E-state index in [0.717, 1.165) is 42.2 Å². The van der Waals surface area contributed by atoms with E-state index >= 15 is 0 Å². The summed E-state index contributed by atoms with van der Waals surface area (Å²) in [4.78, 5) is 25.3. The fraction of sp³-hybridized carbons (Fsp3) is 0.353. The quantitative estimate of drug-likeness (QED) is 0.758. The molecule has 0 unspecified atom stereocenters. The number of fused-ring (bicyclic) bond motifs is 1. The van der Waals surface area contributed by atoms with Crippen molar-refractivity contribution in [2.24, 2.45) is 0 Å². The van der Waals surface area contributed by atoms with Gasteiger partial charge in [-0.2, -0.15) is 5.10 Å². The summed E-state index contributed by atoms with van der Waals surface area (Å²) in [6, 6.07) is 1.78. The van der Waals surface area contributed by atoms with E-state index < -0.39 is 0 Å². The average molecular weight is 354 g/mol. The van der Waals surface area contributed by atoms with Crippen LogP contribution in [0.2, 0.25) is 0 Å². The number of rotatable bonds is 5. The highest BCUT2D eigenvalue weighted by atomic mass is 32.1. The van der Waals surface area contributed by atoms with E-state index in [9.17, 15) is 4.79 Å². The number of carbonyl (C=O) groups excluding carboxylic acids is 1. The lowest BCUT2D eigenvalue weighted by molar-refractivity contribution is 0.0952. The molecule has 128 valence electrons. The average Bonchev–Trinajstić information content (AvgIpc) is 3.29. The molecule has 4 rings (SSSR count). The van der Waals surface area contributed by atoms with Gasteiger partial charge >= 0.3 is 0 Å². The SMILES string of the molecule is O=C(NCCc1csc(-c2ncccn2)n1)c1cnn2c1CCCC2. The first-order valence-corrected chi connectivity index (χ1v) is 9.24. The highest BCUT2D eigenvalue weighted by Crippen LogP contribution is 2.20. The molecule has 25 heavy (non-hydrogen) atoms. The molecule has 0 bridgehead atoms. The second-order valence-electron chi connectivity index (χ2n) is 5.91. The monoisotopic (exact) mass is 354 g/mol. The van der Waals surface area contributed by atoms with Crippen molar-refractivity contribution >= 4 is 17.2 Å². The van der Waals surface area contributed by atoms with Crippen LogP contribution in [-0.4, -0.2) is 37.2 Å². The van der Waals surface area contributed by atoms with E-state index in [1.54, 1.807) is 24.7 Å². The number of amides is 1. The Hall–Kier alpha value is -2.61. The van der Waals surface area contributed by atoms with Gasteiger partial charge in [-0.25, -0.2) is 15.0 Å². The first-order chi connectivity index (χ1) is 12.3. The van der Waals surface area contributed by atoms with E-state index in [-0.39, 0.29) is 5.91 Å². The molecule has 0 fully saturated rings. The number of thiazole rings is 1. The van der Waals surface area contributed by atoms with Gasteiger partial charge < -0.3 is 5.32 Å². The number of hydrogen-bond donors (Lipinski definition) is 1. The van der Waals surface area contributed by atoms with Crippen LogP contribution in [0, 0.1) is 0 Å². The van der Waals surface area contributed by atoms with Crippen LogP contribution in [0.25, 0.3) is 10.8 Å². The molecule has 1 aliphatic rings. The molecule has 0 aromatic carbocycles. The van der Waals surface area contributed by atoms with Gasteiger partial charge in [0.2, 0.25) is 0 Å². The van der Waals surface area contributed by atoms with E-state index in [2.05, 4.69) is 25.4 Å². The van der Waals surface area contributed by atoms with Crippen LogP contribution in [0.4, 0.5) is 0 Å². The van der Waals surface area contributed by atoms with Gasteiger partial charge in [0, 0.05) is 37.3 Å². The molecule has 0 saturated heterocycles. The predicted molar refractivity (Wildman–Crippen MR) is 94.3 cm³/mol. The Kier molecular flexibility index (Phi) is 4.51. The van der Waals surface area contributed by atoms with Gasteiger partial charge in [0.25, 0.3) is 5.91 Å². The zero-order valence-corrected chi connectivity index (χ0v) is 14.5. The summed E-state index contributed by atoms with van der Waals surface area (Å²) in [5, 5.41) is 10.1. The number of nitrogens with one attached hydrogen (secondary N) is 1. The third-order valence-corrected chi connectivity index (χ3v) is 5.09. The Balaban J connectivity index is 1.34. The number of carbonyl (C=O) groups is 1. The highest BCUT2D eigenvalue weighted by Gasteiger charge is 2.19. The van der Waals surface area contributed by atoms with Gasteiger partial charge in [-0.15, -0.1) is 11.3 Å². The molecule has 0 aliphatic carbocycles. The van der Waals surface area contributed by atoms with Crippen molar-refractivity contribution in [2.45, 2.75) is 32.2 Å². The standard InChI is InChI=1S/C17H18N6OS/c24-16(13-10-21-23-9-2-1-4-14(13)23)20-8-5-12-11-25-17(22-12)15-18-6-3-7-19-15/h3,6-7,10-11H,1-2,4-5,8-9H2,(H,20,24). The lowest BCUT2D eigenvalue weighted by Gasteiger charge is -2.14. The molecular formula is C17H18N6OS. The number of aryl methyl sites for hydroxylation is 1. The maximum Gasteiger partial charge on any atom is 0.254 e. The zero-order valence-electron chi connectivity index (χ0n) is 13.7. The molecule has 0 radical (unpaired) electrons. The third-order valence-electron chi connectivity index (χ3n) is 4.20. The largest absolute Gasteiger partial charge is 0.352 e.